The SMILES string of the molecule is O=C(Nc1ccc(F)cc1)[C@@H]1CC(=O)N(Cc2ccccn2)C1. The molecule has 1 aliphatic rings. The van der Waals surface area contributed by atoms with Gasteiger partial charge in [0, 0.05) is 24.8 Å². The molecule has 23 heavy (non-hydrogen) atoms. The molecular weight excluding hydrogens is 297 g/mol. The largest absolute Gasteiger partial charge is 0.336 e. The van der Waals surface area contributed by atoms with Crippen molar-refractivity contribution in [3.05, 3.63) is 60.2 Å². The van der Waals surface area contributed by atoms with Crippen molar-refractivity contribution in [3.8, 4) is 0 Å². The standard InChI is InChI=1S/C17H16FN3O2/c18-13-4-6-14(7-5-13)20-17(23)12-9-16(22)21(10-12)11-15-3-1-2-8-19-15/h1-8,12H,9-11H2,(H,20,23)/t12-/m1/s1. The number of rotatable bonds is 4. The van der Waals surface area contributed by atoms with E-state index in [1.807, 2.05) is 18.2 Å². The van der Waals surface area contributed by atoms with Gasteiger partial charge < -0.3 is 10.2 Å². The number of nitrogens with one attached hydrogen (secondary N) is 1. The van der Waals surface area contributed by atoms with Gasteiger partial charge in [0.2, 0.25) is 11.8 Å². The first-order valence-electron chi connectivity index (χ1n) is 7.36. The van der Waals surface area contributed by atoms with E-state index in [-0.39, 0.29) is 24.1 Å². The zero-order valence-electron chi connectivity index (χ0n) is 12.4. The molecular formula is C17H16FN3O2. The number of likely N-dealkylation sites (tertiary alicyclic amines) is 1. The Morgan fingerprint density at radius 2 is 2.04 bits per heavy atom. The lowest BCUT2D eigenvalue weighted by molar-refractivity contribution is -0.128. The highest BCUT2D eigenvalue weighted by Crippen LogP contribution is 2.21. The van der Waals surface area contributed by atoms with Crippen LogP contribution in [0.25, 0.3) is 0 Å². The highest BCUT2D eigenvalue weighted by molar-refractivity contribution is 5.97. The monoisotopic (exact) mass is 313 g/mol. The molecule has 5 nitrogen and oxygen atoms in total. The molecule has 0 saturated carbocycles. The number of halogens is 1. The molecule has 2 amide bonds. The van der Waals surface area contributed by atoms with Gasteiger partial charge in [0.15, 0.2) is 0 Å². The number of amides is 2. The van der Waals surface area contributed by atoms with Crippen LogP contribution in [0.4, 0.5) is 10.1 Å². The summed E-state index contributed by atoms with van der Waals surface area (Å²) in [6, 6.07) is 11.1. The predicted octanol–water partition coefficient (Wildman–Crippen LogP) is 2.21. The Morgan fingerprint density at radius 3 is 2.74 bits per heavy atom. The van der Waals surface area contributed by atoms with Gasteiger partial charge >= 0.3 is 0 Å². The normalized spacial score (nSPS) is 17.3. The lowest BCUT2D eigenvalue weighted by atomic mass is 10.1. The number of carbonyl (C=O) groups excluding carboxylic acids is 2. The van der Waals surface area contributed by atoms with Crippen molar-refractivity contribution in [1.82, 2.24) is 9.88 Å². The Balaban J connectivity index is 1.60. The van der Waals surface area contributed by atoms with Crippen LogP contribution in [-0.2, 0) is 16.1 Å². The maximum atomic E-state index is 12.9. The molecule has 1 N–H and O–H groups in total. The van der Waals surface area contributed by atoms with Gasteiger partial charge in [-0.2, -0.15) is 0 Å². The van der Waals surface area contributed by atoms with Gasteiger partial charge in [0.25, 0.3) is 0 Å². The van der Waals surface area contributed by atoms with Crippen LogP contribution < -0.4 is 5.32 Å². The Hall–Kier alpha value is -2.76. The molecule has 1 aromatic carbocycles. The highest BCUT2D eigenvalue weighted by Gasteiger charge is 2.34. The van der Waals surface area contributed by atoms with Crippen LogP contribution in [0.3, 0.4) is 0 Å². The van der Waals surface area contributed by atoms with Gasteiger partial charge in [-0.15, -0.1) is 0 Å². The summed E-state index contributed by atoms with van der Waals surface area (Å²) in [6.07, 6.45) is 1.86. The molecule has 1 aliphatic heterocycles. The van der Waals surface area contributed by atoms with E-state index in [4.69, 9.17) is 0 Å². The average Bonchev–Trinajstić information content (AvgIpc) is 2.92. The molecule has 0 radical (unpaired) electrons. The Labute approximate surface area is 133 Å². The maximum absolute atomic E-state index is 12.9. The van der Waals surface area contributed by atoms with Crippen LogP contribution in [0.5, 0.6) is 0 Å². The minimum Gasteiger partial charge on any atom is -0.336 e. The van der Waals surface area contributed by atoms with E-state index in [0.717, 1.165) is 5.69 Å². The van der Waals surface area contributed by atoms with Crippen molar-refractivity contribution in [1.29, 1.82) is 0 Å². The van der Waals surface area contributed by atoms with E-state index in [2.05, 4.69) is 10.3 Å². The smallest absolute Gasteiger partial charge is 0.229 e. The molecule has 2 aromatic rings. The van der Waals surface area contributed by atoms with E-state index in [0.29, 0.717) is 18.8 Å². The van der Waals surface area contributed by atoms with E-state index >= 15 is 0 Å². The average molecular weight is 313 g/mol. The van der Waals surface area contributed by atoms with Crippen molar-refractivity contribution in [3.63, 3.8) is 0 Å². The Morgan fingerprint density at radius 1 is 1.26 bits per heavy atom. The fourth-order valence-corrected chi connectivity index (χ4v) is 2.57. The summed E-state index contributed by atoms with van der Waals surface area (Å²) in [5.74, 6) is -1.06. The fraction of sp³-hybridized carbons (Fsp3) is 0.235. The van der Waals surface area contributed by atoms with Crippen molar-refractivity contribution in [2.24, 2.45) is 5.92 Å². The number of nitrogens with zero attached hydrogens (tertiary/aromatic N) is 2. The summed E-state index contributed by atoms with van der Waals surface area (Å²) in [5.41, 5.74) is 1.31. The molecule has 1 atom stereocenters. The summed E-state index contributed by atoms with van der Waals surface area (Å²) in [7, 11) is 0. The van der Waals surface area contributed by atoms with E-state index in [1.54, 1.807) is 11.1 Å². The first kappa shape index (κ1) is 15.1. The second kappa shape index (κ2) is 6.56. The molecule has 1 aromatic heterocycles. The molecule has 0 aliphatic carbocycles. The fourth-order valence-electron chi connectivity index (χ4n) is 2.57. The zero-order chi connectivity index (χ0) is 16.2. The van der Waals surface area contributed by atoms with E-state index in [1.165, 1.54) is 24.3 Å². The number of hydrogen-bond acceptors (Lipinski definition) is 3. The first-order chi connectivity index (χ1) is 11.1. The van der Waals surface area contributed by atoms with Crippen LogP contribution in [0.1, 0.15) is 12.1 Å². The third kappa shape index (κ3) is 3.71. The molecule has 0 unspecified atom stereocenters. The minimum atomic E-state index is -0.406. The number of hydrogen-bond donors (Lipinski definition) is 1. The van der Waals surface area contributed by atoms with Crippen LogP contribution >= 0.6 is 0 Å². The van der Waals surface area contributed by atoms with Gasteiger partial charge in [-0.3, -0.25) is 14.6 Å². The van der Waals surface area contributed by atoms with Crippen LogP contribution in [-0.4, -0.2) is 28.2 Å². The van der Waals surface area contributed by atoms with Crippen molar-refractivity contribution >= 4 is 17.5 Å². The number of carbonyl (C=O) groups is 2. The van der Waals surface area contributed by atoms with Gasteiger partial charge in [-0.1, -0.05) is 6.07 Å². The minimum absolute atomic E-state index is 0.0603. The predicted molar refractivity (Wildman–Crippen MR) is 82.8 cm³/mol. The summed E-state index contributed by atoms with van der Waals surface area (Å²) in [4.78, 5) is 30.1. The van der Waals surface area contributed by atoms with Crippen LogP contribution in [0, 0.1) is 11.7 Å². The highest BCUT2D eigenvalue weighted by atomic mass is 19.1. The third-order valence-electron chi connectivity index (χ3n) is 3.78. The summed E-state index contributed by atoms with van der Waals surface area (Å²) in [6.45, 7) is 0.766. The summed E-state index contributed by atoms with van der Waals surface area (Å²) < 4.78 is 12.9. The molecule has 2 heterocycles. The molecule has 6 heteroatoms. The number of aromatic nitrogens is 1. The van der Waals surface area contributed by atoms with Gasteiger partial charge in [0.05, 0.1) is 18.2 Å². The molecule has 0 spiro atoms. The van der Waals surface area contributed by atoms with Crippen LogP contribution in [0.2, 0.25) is 0 Å². The zero-order valence-corrected chi connectivity index (χ0v) is 12.4. The van der Waals surface area contributed by atoms with Gasteiger partial charge in [0.1, 0.15) is 5.82 Å². The lowest BCUT2D eigenvalue weighted by Crippen LogP contribution is -2.28. The Kier molecular flexibility index (Phi) is 4.32. The topological polar surface area (TPSA) is 62.3 Å². The molecule has 118 valence electrons. The Bertz CT molecular complexity index is 704. The van der Waals surface area contributed by atoms with Crippen molar-refractivity contribution in [2.45, 2.75) is 13.0 Å². The molecule has 1 fully saturated rings. The number of pyridine rings is 1. The molecule has 1 saturated heterocycles. The van der Waals surface area contributed by atoms with E-state index < -0.39 is 5.92 Å². The maximum Gasteiger partial charge on any atom is 0.229 e. The van der Waals surface area contributed by atoms with Gasteiger partial charge in [-0.25, -0.2) is 4.39 Å². The number of anilines is 1. The first-order valence-corrected chi connectivity index (χ1v) is 7.36. The molecule has 0 bridgehead atoms. The van der Waals surface area contributed by atoms with Crippen LogP contribution in [0.15, 0.2) is 48.7 Å². The number of benzene rings is 1. The van der Waals surface area contributed by atoms with Gasteiger partial charge in [-0.05, 0) is 36.4 Å². The third-order valence-corrected chi connectivity index (χ3v) is 3.78. The summed E-state index contributed by atoms with van der Waals surface area (Å²) >= 11 is 0. The second-order valence-electron chi connectivity index (χ2n) is 5.49. The second-order valence-corrected chi connectivity index (χ2v) is 5.49. The molecule has 3 rings (SSSR count). The quantitative estimate of drug-likeness (QED) is 0.941. The van der Waals surface area contributed by atoms with Crippen molar-refractivity contribution < 1.29 is 14.0 Å². The summed E-state index contributed by atoms with van der Waals surface area (Å²) in [5, 5.41) is 2.72. The lowest BCUT2D eigenvalue weighted by Gasteiger charge is -2.16. The van der Waals surface area contributed by atoms with Crippen molar-refractivity contribution in [2.75, 3.05) is 11.9 Å². The van der Waals surface area contributed by atoms with E-state index in [9.17, 15) is 14.0 Å².